The molecule has 0 radical (unpaired) electrons. The summed E-state index contributed by atoms with van der Waals surface area (Å²) >= 11 is 0. The predicted octanol–water partition coefficient (Wildman–Crippen LogP) is 0.916. The smallest absolute Gasteiger partial charge is 0.289 e. The maximum Gasteiger partial charge on any atom is 0.317 e. The average molecular weight is 295 g/mol. The van der Waals surface area contributed by atoms with Crippen molar-refractivity contribution in [1.82, 2.24) is 0 Å². The molecule has 0 bridgehead atoms. The maximum atomic E-state index is 11.4. The molecule has 0 aromatic heterocycles. The van der Waals surface area contributed by atoms with Crippen LogP contribution in [0.4, 0.5) is 0 Å². The van der Waals surface area contributed by atoms with Crippen molar-refractivity contribution >= 4 is 28.0 Å². The highest BCUT2D eigenvalue weighted by Crippen LogP contribution is 2.39. The van der Waals surface area contributed by atoms with Crippen molar-refractivity contribution in [3.05, 3.63) is 60.7 Å². The zero-order valence-corrected chi connectivity index (χ0v) is 11.8. The first kappa shape index (κ1) is 14.0. The van der Waals surface area contributed by atoms with Crippen molar-refractivity contribution < 1.29 is 8.42 Å². The SMILES string of the molecule is NP(=NS(N)(=O)=O)(c1ccccc1)c1ccccc1. The summed E-state index contributed by atoms with van der Waals surface area (Å²) in [6.45, 7) is 0. The minimum absolute atomic E-state index is 0.662. The second-order valence-corrected chi connectivity index (χ2v) is 8.04. The Bertz CT molecular complexity index is 672. The summed E-state index contributed by atoms with van der Waals surface area (Å²) in [5.41, 5.74) is 6.31. The van der Waals surface area contributed by atoms with Crippen LogP contribution in [-0.4, -0.2) is 8.42 Å². The lowest BCUT2D eigenvalue weighted by atomic mass is 10.4. The van der Waals surface area contributed by atoms with Gasteiger partial charge in [0, 0.05) is 10.6 Å². The van der Waals surface area contributed by atoms with E-state index in [1.54, 1.807) is 48.5 Å². The number of hydrogen-bond acceptors (Lipinski definition) is 2. The molecule has 5 nitrogen and oxygen atoms in total. The fourth-order valence-electron chi connectivity index (χ4n) is 1.73. The van der Waals surface area contributed by atoms with Gasteiger partial charge in [0.1, 0.15) is 7.21 Å². The first-order valence-electron chi connectivity index (χ1n) is 5.48. The molecule has 2 aromatic carbocycles. The summed E-state index contributed by atoms with van der Waals surface area (Å²) in [6.07, 6.45) is 0. The summed E-state index contributed by atoms with van der Waals surface area (Å²) in [4.78, 5) is 0. The van der Waals surface area contributed by atoms with Crippen LogP contribution in [0.25, 0.3) is 0 Å². The highest BCUT2D eigenvalue weighted by atomic mass is 32.2. The van der Waals surface area contributed by atoms with E-state index in [0.717, 1.165) is 0 Å². The van der Waals surface area contributed by atoms with Crippen molar-refractivity contribution in [1.29, 1.82) is 0 Å². The Morgan fingerprint density at radius 3 is 1.53 bits per heavy atom. The zero-order valence-electron chi connectivity index (χ0n) is 10.0. The van der Waals surface area contributed by atoms with Crippen LogP contribution in [0.2, 0.25) is 0 Å². The number of benzene rings is 2. The molecule has 0 fully saturated rings. The molecule has 100 valence electrons. The molecule has 0 aliphatic carbocycles. The summed E-state index contributed by atoms with van der Waals surface area (Å²) in [5.74, 6) is 0. The van der Waals surface area contributed by atoms with Gasteiger partial charge in [-0.25, -0.2) is 5.14 Å². The summed E-state index contributed by atoms with van der Waals surface area (Å²) in [5, 5.41) is 6.37. The number of nitrogens with two attached hydrogens (primary N) is 2. The van der Waals surface area contributed by atoms with Crippen LogP contribution in [0, 0.1) is 0 Å². The van der Waals surface area contributed by atoms with Crippen LogP contribution in [0.15, 0.2) is 64.8 Å². The second kappa shape index (κ2) is 5.27. The normalized spacial score (nSPS) is 12.1. The third-order valence-electron chi connectivity index (χ3n) is 2.54. The maximum absolute atomic E-state index is 11.4. The van der Waals surface area contributed by atoms with Crippen molar-refractivity contribution in [3.8, 4) is 0 Å². The molecular weight excluding hydrogens is 281 g/mol. The lowest BCUT2D eigenvalue weighted by Crippen LogP contribution is -2.24. The number of rotatable bonds is 3. The van der Waals surface area contributed by atoms with E-state index in [1.807, 2.05) is 12.1 Å². The highest BCUT2D eigenvalue weighted by Gasteiger charge is 2.22. The Labute approximate surface area is 112 Å². The molecule has 2 rings (SSSR count). The molecule has 0 heterocycles. The first-order valence-corrected chi connectivity index (χ1v) is 8.79. The molecule has 0 atom stereocenters. The summed E-state index contributed by atoms with van der Waals surface area (Å²) in [7, 11) is -6.91. The van der Waals surface area contributed by atoms with Crippen molar-refractivity contribution in [2.75, 3.05) is 0 Å². The quantitative estimate of drug-likeness (QED) is 0.823. The van der Waals surface area contributed by atoms with Gasteiger partial charge in [0.15, 0.2) is 0 Å². The zero-order chi connectivity index (χ0) is 13.9. The lowest BCUT2D eigenvalue weighted by molar-refractivity contribution is 0.600. The van der Waals surface area contributed by atoms with E-state index >= 15 is 0 Å². The van der Waals surface area contributed by atoms with Crippen LogP contribution in [0.5, 0.6) is 0 Å². The van der Waals surface area contributed by atoms with E-state index in [4.69, 9.17) is 10.6 Å². The number of hydrogen-bond donors (Lipinski definition) is 2. The van der Waals surface area contributed by atoms with Gasteiger partial charge in [-0.2, -0.15) is 8.42 Å². The summed E-state index contributed by atoms with van der Waals surface area (Å²) in [6, 6.07) is 17.9. The fraction of sp³-hybridized carbons (Fsp3) is 0. The van der Waals surface area contributed by atoms with E-state index in [2.05, 4.69) is 4.15 Å². The first-order chi connectivity index (χ1) is 8.92. The Balaban J connectivity index is 2.76. The van der Waals surface area contributed by atoms with Crippen molar-refractivity contribution in [2.45, 2.75) is 0 Å². The average Bonchev–Trinajstić information content (AvgIpc) is 2.39. The summed E-state index contributed by atoms with van der Waals surface area (Å²) < 4.78 is 26.4. The Morgan fingerprint density at radius 2 is 1.21 bits per heavy atom. The van der Waals surface area contributed by atoms with Gasteiger partial charge < -0.3 is 0 Å². The molecule has 0 saturated carbocycles. The van der Waals surface area contributed by atoms with Crippen LogP contribution in [0.1, 0.15) is 0 Å². The molecule has 0 aliphatic rings. The minimum Gasteiger partial charge on any atom is -0.289 e. The molecule has 7 heteroatoms. The second-order valence-electron chi connectivity index (χ2n) is 3.95. The van der Waals surface area contributed by atoms with E-state index in [1.165, 1.54) is 0 Å². The Morgan fingerprint density at radius 1 is 0.842 bits per heavy atom. The van der Waals surface area contributed by atoms with E-state index in [0.29, 0.717) is 10.6 Å². The standard InChI is InChI=1S/C12H14N3O2PS/c13-18(15-19(14,16)17,11-7-3-1-4-8-11)12-9-5-2-6-10-12/h1-10H,13H2,(H2,14,16,17). The third kappa shape index (κ3) is 3.30. The third-order valence-corrected chi connectivity index (χ3v) is 6.65. The van der Waals surface area contributed by atoms with Gasteiger partial charge in [0.2, 0.25) is 0 Å². The van der Waals surface area contributed by atoms with Gasteiger partial charge in [0.25, 0.3) is 0 Å². The molecule has 19 heavy (non-hydrogen) atoms. The van der Waals surface area contributed by atoms with E-state index in [9.17, 15) is 8.42 Å². The lowest BCUT2D eigenvalue weighted by Gasteiger charge is -2.19. The monoisotopic (exact) mass is 295 g/mol. The van der Waals surface area contributed by atoms with Crippen LogP contribution in [-0.2, 0) is 10.2 Å². The fourth-order valence-corrected chi connectivity index (χ4v) is 5.48. The van der Waals surface area contributed by atoms with Crippen molar-refractivity contribution in [3.63, 3.8) is 0 Å². The molecule has 0 saturated heterocycles. The van der Waals surface area contributed by atoms with Gasteiger partial charge in [-0.3, -0.25) is 5.50 Å². The Hall–Kier alpha value is -1.46. The van der Waals surface area contributed by atoms with Crippen LogP contribution >= 0.6 is 7.21 Å². The van der Waals surface area contributed by atoms with Gasteiger partial charge >= 0.3 is 10.2 Å². The minimum atomic E-state index is -4.03. The molecule has 0 unspecified atom stereocenters. The van der Waals surface area contributed by atoms with Crippen LogP contribution < -0.4 is 21.3 Å². The van der Waals surface area contributed by atoms with Crippen molar-refractivity contribution in [2.24, 2.45) is 14.8 Å². The van der Waals surface area contributed by atoms with Gasteiger partial charge in [-0.05, 0) is 0 Å². The predicted molar refractivity (Wildman–Crippen MR) is 78.8 cm³/mol. The highest BCUT2D eigenvalue weighted by molar-refractivity contribution is 7.95. The van der Waals surface area contributed by atoms with E-state index in [-0.39, 0.29) is 0 Å². The molecular formula is C12H14N3O2PS. The molecule has 2 aromatic rings. The van der Waals surface area contributed by atoms with Crippen LogP contribution in [0.3, 0.4) is 0 Å². The molecule has 0 amide bonds. The largest absolute Gasteiger partial charge is 0.317 e. The number of nitrogens with zero attached hydrogens (tertiary/aromatic N) is 1. The van der Waals surface area contributed by atoms with Gasteiger partial charge in [-0.15, -0.1) is 4.15 Å². The molecule has 4 N–H and O–H groups in total. The van der Waals surface area contributed by atoms with Gasteiger partial charge in [-0.1, -0.05) is 60.7 Å². The topological polar surface area (TPSA) is 98.5 Å². The van der Waals surface area contributed by atoms with E-state index < -0.39 is 17.4 Å². The molecule has 0 spiro atoms. The molecule has 0 aliphatic heterocycles. The Kier molecular flexibility index (Phi) is 3.87. The van der Waals surface area contributed by atoms with Gasteiger partial charge in [0.05, 0.1) is 0 Å².